The number of allylic oxidation sites excluding steroid dienone is 3. The van der Waals surface area contributed by atoms with Gasteiger partial charge in [0.1, 0.15) is 11.3 Å². The maximum Gasteiger partial charge on any atom is 0.135 e. The lowest BCUT2D eigenvalue weighted by molar-refractivity contribution is 0.546. The normalized spacial score (nSPS) is 17.4. The lowest BCUT2D eigenvalue weighted by Crippen LogP contribution is -2.28. The van der Waals surface area contributed by atoms with Gasteiger partial charge in [-0.15, -0.1) is 0 Å². The summed E-state index contributed by atoms with van der Waals surface area (Å²) < 4.78 is 8.71. The maximum absolute atomic E-state index is 6.33. The average molecular weight is 655 g/mol. The van der Waals surface area contributed by atoms with Gasteiger partial charge in [0.15, 0.2) is 0 Å². The van der Waals surface area contributed by atoms with Crippen molar-refractivity contribution in [2.24, 2.45) is 0 Å². The Hall–Kier alpha value is -6.32. The monoisotopic (exact) mass is 654 g/mol. The van der Waals surface area contributed by atoms with Crippen LogP contribution in [-0.2, 0) is 6.42 Å². The highest BCUT2D eigenvalue weighted by Gasteiger charge is 2.37. The third-order valence-electron chi connectivity index (χ3n) is 11.2. The average Bonchev–Trinajstić information content (AvgIpc) is 3.85. The summed E-state index contributed by atoms with van der Waals surface area (Å²) in [4.78, 5) is 2.53. The number of para-hydroxylation sites is 2. The SMILES string of the molecule is C1=CC2c3cc(-c4ccc5c(c4)c4ccccc4n5-c4ccccc4)ccc3N(c3cccc(-c4ccc5c6c(oc5c4)CCC=C6)c3)C2C=C1. The minimum atomic E-state index is 0.216. The minimum absolute atomic E-state index is 0.216. The zero-order chi connectivity index (χ0) is 33.5. The first-order valence-electron chi connectivity index (χ1n) is 18.0. The van der Waals surface area contributed by atoms with Crippen LogP contribution in [0.25, 0.3) is 66.8 Å². The fourth-order valence-corrected chi connectivity index (χ4v) is 8.80. The molecule has 0 radical (unpaired) electrons. The predicted molar refractivity (Wildman–Crippen MR) is 212 cm³/mol. The molecule has 242 valence electrons. The van der Waals surface area contributed by atoms with E-state index in [2.05, 4.69) is 179 Å². The van der Waals surface area contributed by atoms with Crippen LogP contribution in [0.2, 0.25) is 0 Å². The van der Waals surface area contributed by atoms with Crippen LogP contribution in [0.15, 0.2) is 168 Å². The number of rotatable bonds is 4. The van der Waals surface area contributed by atoms with Gasteiger partial charge in [-0.05, 0) is 101 Å². The second-order valence-electron chi connectivity index (χ2n) is 14.0. The van der Waals surface area contributed by atoms with E-state index in [1.165, 1.54) is 77.6 Å². The van der Waals surface area contributed by atoms with Crippen molar-refractivity contribution in [3.05, 3.63) is 181 Å². The first kappa shape index (κ1) is 28.5. The van der Waals surface area contributed by atoms with Crippen LogP contribution >= 0.6 is 0 Å². The van der Waals surface area contributed by atoms with Gasteiger partial charge < -0.3 is 13.9 Å². The molecular formula is C48H34N2O. The summed E-state index contributed by atoms with van der Waals surface area (Å²) in [6.45, 7) is 0. The van der Waals surface area contributed by atoms with Crippen molar-refractivity contribution in [1.29, 1.82) is 0 Å². The lowest BCUT2D eigenvalue weighted by Gasteiger charge is -2.29. The summed E-state index contributed by atoms with van der Waals surface area (Å²) in [5.74, 6) is 1.38. The molecule has 2 unspecified atom stereocenters. The van der Waals surface area contributed by atoms with Gasteiger partial charge in [0.25, 0.3) is 0 Å². The molecule has 0 bridgehead atoms. The van der Waals surface area contributed by atoms with Crippen molar-refractivity contribution in [2.45, 2.75) is 24.8 Å². The van der Waals surface area contributed by atoms with E-state index in [0.717, 1.165) is 24.2 Å². The van der Waals surface area contributed by atoms with E-state index in [4.69, 9.17) is 4.42 Å². The molecule has 2 atom stereocenters. The van der Waals surface area contributed by atoms with Gasteiger partial charge in [0, 0.05) is 51.1 Å². The number of fused-ring (bicyclic) bond motifs is 9. The van der Waals surface area contributed by atoms with E-state index in [0.29, 0.717) is 0 Å². The minimum Gasteiger partial charge on any atom is -0.460 e. The summed E-state index contributed by atoms with van der Waals surface area (Å²) in [5.41, 5.74) is 14.5. The highest BCUT2D eigenvalue weighted by molar-refractivity contribution is 6.10. The number of aromatic nitrogens is 1. The predicted octanol–water partition coefficient (Wildman–Crippen LogP) is 12.6. The van der Waals surface area contributed by atoms with E-state index < -0.39 is 0 Å². The summed E-state index contributed by atoms with van der Waals surface area (Å²) >= 11 is 0. The van der Waals surface area contributed by atoms with Crippen molar-refractivity contribution in [3.63, 3.8) is 0 Å². The summed E-state index contributed by atoms with van der Waals surface area (Å²) in [5, 5.41) is 3.75. The number of nitrogens with zero attached hydrogens (tertiary/aromatic N) is 2. The van der Waals surface area contributed by atoms with E-state index in [1.807, 2.05) is 0 Å². The third-order valence-corrected chi connectivity index (χ3v) is 11.2. The van der Waals surface area contributed by atoms with Gasteiger partial charge in [-0.2, -0.15) is 0 Å². The second kappa shape index (κ2) is 11.1. The van der Waals surface area contributed by atoms with Gasteiger partial charge in [0.05, 0.1) is 17.1 Å². The molecule has 6 aromatic carbocycles. The van der Waals surface area contributed by atoms with Crippen LogP contribution < -0.4 is 4.90 Å². The summed E-state index contributed by atoms with van der Waals surface area (Å²) in [7, 11) is 0. The molecule has 0 fully saturated rings. The van der Waals surface area contributed by atoms with Crippen LogP contribution in [0.3, 0.4) is 0 Å². The molecule has 2 aromatic heterocycles. The van der Waals surface area contributed by atoms with Gasteiger partial charge in [-0.25, -0.2) is 0 Å². The Labute approximate surface area is 296 Å². The molecule has 11 rings (SSSR count). The van der Waals surface area contributed by atoms with Gasteiger partial charge >= 0.3 is 0 Å². The molecule has 3 heterocycles. The van der Waals surface area contributed by atoms with Crippen LogP contribution in [0.5, 0.6) is 0 Å². The third kappa shape index (κ3) is 4.38. The Morgan fingerprint density at radius 3 is 2.29 bits per heavy atom. The first-order chi connectivity index (χ1) is 25.3. The van der Waals surface area contributed by atoms with Crippen molar-refractivity contribution >= 4 is 50.2 Å². The highest BCUT2D eigenvalue weighted by Crippen LogP contribution is 2.49. The van der Waals surface area contributed by atoms with Crippen molar-refractivity contribution in [1.82, 2.24) is 4.57 Å². The first-order valence-corrected chi connectivity index (χ1v) is 18.0. The topological polar surface area (TPSA) is 21.3 Å². The van der Waals surface area contributed by atoms with Gasteiger partial charge in [0.2, 0.25) is 0 Å². The molecule has 0 saturated heterocycles. The quantitative estimate of drug-likeness (QED) is 0.188. The van der Waals surface area contributed by atoms with Gasteiger partial charge in [-0.1, -0.05) is 103 Å². The fourth-order valence-electron chi connectivity index (χ4n) is 8.80. The van der Waals surface area contributed by atoms with Crippen LogP contribution in [0.4, 0.5) is 11.4 Å². The van der Waals surface area contributed by atoms with E-state index in [-0.39, 0.29) is 12.0 Å². The second-order valence-corrected chi connectivity index (χ2v) is 14.0. The molecular weight excluding hydrogens is 621 g/mol. The highest BCUT2D eigenvalue weighted by atomic mass is 16.3. The number of aryl methyl sites for hydroxylation is 1. The van der Waals surface area contributed by atoms with E-state index >= 15 is 0 Å². The molecule has 3 heteroatoms. The molecule has 51 heavy (non-hydrogen) atoms. The molecule has 3 nitrogen and oxygen atoms in total. The Bertz CT molecular complexity index is 2770. The Balaban J connectivity index is 0.994. The van der Waals surface area contributed by atoms with Crippen LogP contribution in [0, 0.1) is 0 Å². The molecule has 0 N–H and O–H groups in total. The molecule has 0 amide bonds. The van der Waals surface area contributed by atoms with Crippen molar-refractivity contribution < 1.29 is 4.42 Å². The van der Waals surface area contributed by atoms with E-state index in [1.54, 1.807) is 0 Å². The molecule has 8 aromatic rings. The molecule has 0 saturated carbocycles. The number of hydrogen-bond donors (Lipinski definition) is 0. The number of furan rings is 1. The zero-order valence-electron chi connectivity index (χ0n) is 28.0. The Morgan fingerprint density at radius 1 is 0.569 bits per heavy atom. The molecule has 1 aliphatic heterocycles. The number of benzene rings is 6. The lowest BCUT2D eigenvalue weighted by atomic mass is 9.89. The van der Waals surface area contributed by atoms with E-state index in [9.17, 15) is 0 Å². The summed E-state index contributed by atoms with van der Waals surface area (Å²) in [6.07, 6.45) is 15.6. The smallest absolute Gasteiger partial charge is 0.135 e. The molecule has 0 spiro atoms. The largest absolute Gasteiger partial charge is 0.460 e. The van der Waals surface area contributed by atoms with Gasteiger partial charge in [-0.3, -0.25) is 0 Å². The fraction of sp³-hybridized carbons (Fsp3) is 0.0833. The molecule has 3 aliphatic rings. The van der Waals surface area contributed by atoms with Crippen molar-refractivity contribution in [2.75, 3.05) is 4.90 Å². The zero-order valence-corrected chi connectivity index (χ0v) is 28.0. The number of hydrogen-bond acceptors (Lipinski definition) is 2. The molecule has 2 aliphatic carbocycles. The van der Waals surface area contributed by atoms with Crippen LogP contribution in [0.1, 0.15) is 29.2 Å². The Morgan fingerprint density at radius 2 is 1.33 bits per heavy atom. The summed E-state index contributed by atoms with van der Waals surface area (Å²) in [6, 6.07) is 49.3. The Kier molecular flexibility index (Phi) is 6.20. The number of anilines is 2. The van der Waals surface area contributed by atoms with Crippen LogP contribution in [-0.4, -0.2) is 10.6 Å². The standard InChI is InChI=1S/C48H34N2O/c1-2-12-35(13-3-1)49-43-18-7-4-15-37(43)41-28-32(22-25-45(41)49)33-23-26-46-42(29-33)38-16-5-8-19-44(38)50(46)36-14-10-11-31(27-36)34-21-24-40-39-17-6-9-20-47(39)51-48(40)30-34/h1-8,10-19,21-30,38,44H,9,20H2. The maximum atomic E-state index is 6.33. The van der Waals surface area contributed by atoms with Crippen molar-refractivity contribution in [3.8, 4) is 27.9 Å².